The topological polar surface area (TPSA) is 74.5 Å². The number of imidazole rings is 1. The molecule has 0 aromatic carbocycles. The van der Waals surface area contributed by atoms with E-state index in [9.17, 15) is 0 Å². The maximum Gasteiger partial charge on any atom is 0.202 e. The van der Waals surface area contributed by atoms with Crippen LogP contribution in [0.3, 0.4) is 0 Å². The van der Waals surface area contributed by atoms with E-state index in [2.05, 4.69) is 15.1 Å². The number of hydrogen-bond donors (Lipinski definition) is 1. The van der Waals surface area contributed by atoms with E-state index < -0.39 is 0 Å². The summed E-state index contributed by atoms with van der Waals surface area (Å²) in [4.78, 5) is 8.60. The number of nitrogens with zero attached hydrogens (tertiary/aromatic N) is 5. The molecule has 0 bridgehead atoms. The molecule has 0 saturated carbocycles. The molecule has 2 N–H and O–H groups in total. The monoisotopic (exact) mass is 242 g/mol. The number of nitrogen functional groups attached to an aromatic ring is 1. The summed E-state index contributed by atoms with van der Waals surface area (Å²) in [7, 11) is 0. The Labute approximate surface area is 104 Å². The standard InChI is InChI=1S/C12H14N6/c13-12-16-10-4-1-5-14-11(10)18(12)9-3-8-17-7-2-6-15-17/h1-2,4-7H,3,8-9H2,(H2,13,16). The molecular weight excluding hydrogens is 228 g/mol. The molecule has 3 rings (SSSR count). The first kappa shape index (κ1) is 10.8. The molecule has 0 unspecified atom stereocenters. The van der Waals surface area contributed by atoms with Crippen molar-refractivity contribution in [2.24, 2.45) is 0 Å². The molecule has 0 spiro atoms. The van der Waals surface area contributed by atoms with E-state index in [0.717, 1.165) is 30.7 Å². The van der Waals surface area contributed by atoms with Crippen LogP contribution in [0.2, 0.25) is 0 Å². The third-order valence-corrected chi connectivity index (χ3v) is 2.86. The minimum atomic E-state index is 0.518. The summed E-state index contributed by atoms with van der Waals surface area (Å²) in [6.07, 6.45) is 6.43. The summed E-state index contributed by atoms with van der Waals surface area (Å²) in [5.41, 5.74) is 7.59. The predicted molar refractivity (Wildman–Crippen MR) is 68.8 cm³/mol. The molecule has 92 valence electrons. The van der Waals surface area contributed by atoms with Gasteiger partial charge >= 0.3 is 0 Å². The summed E-state index contributed by atoms with van der Waals surface area (Å²) in [6.45, 7) is 1.65. The highest BCUT2D eigenvalue weighted by Gasteiger charge is 2.07. The lowest BCUT2D eigenvalue weighted by Gasteiger charge is -2.05. The third-order valence-electron chi connectivity index (χ3n) is 2.86. The van der Waals surface area contributed by atoms with Gasteiger partial charge in [0.1, 0.15) is 5.52 Å². The van der Waals surface area contributed by atoms with Crippen LogP contribution in [0, 0.1) is 0 Å². The van der Waals surface area contributed by atoms with Crippen LogP contribution in [0.5, 0.6) is 0 Å². The van der Waals surface area contributed by atoms with Gasteiger partial charge in [-0.25, -0.2) is 9.97 Å². The summed E-state index contributed by atoms with van der Waals surface area (Å²) in [5, 5.41) is 4.16. The number of aryl methyl sites for hydroxylation is 2. The summed E-state index contributed by atoms with van der Waals surface area (Å²) in [5.74, 6) is 0.518. The van der Waals surface area contributed by atoms with Crippen molar-refractivity contribution < 1.29 is 0 Å². The average molecular weight is 242 g/mol. The van der Waals surface area contributed by atoms with Crippen molar-refractivity contribution in [3.8, 4) is 0 Å². The maximum absolute atomic E-state index is 5.90. The summed E-state index contributed by atoms with van der Waals surface area (Å²) >= 11 is 0. The van der Waals surface area contributed by atoms with Gasteiger partial charge in [-0.1, -0.05) is 0 Å². The average Bonchev–Trinajstić information content (AvgIpc) is 2.98. The van der Waals surface area contributed by atoms with Crippen LogP contribution in [0.15, 0.2) is 36.8 Å². The molecule has 0 atom stereocenters. The Kier molecular flexibility index (Phi) is 2.68. The summed E-state index contributed by atoms with van der Waals surface area (Å²) in [6, 6.07) is 5.70. The number of anilines is 1. The Hall–Kier alpha value is -2.37. The largest absolute Gasteiger partial charge is 0.369 e. The highest BCUT2D eigenvalue weighted by Crippen LogP contribution is 2.15. The lowest BCUT2D eigenvalue weighted by Crippen LogP contribution is -2.07. The van der Waals surface area contributed by atoms with Crippen molar-refractivity contribution in [3.05, 3.63) is 36.8 Å². The lowest BCUT2D eigenvalue weighted by atomic mass is 10.4. The van der Waals surface area contributed by atoms with Gasteiger partial charge in [0.2, 0.25) is 5.95 Å². The van der Waals surface area contributed by atoms with Gasteiger partial charge in [-0.3, -0.25) is 9.25 Å². The molecule has 18 heavy (non-hydrogen) atoms. The highest BCUT2D eigenvalue weighted by molar-refractivity contribution is 5.73. The van der Waals surface area contributed by atoms with Gasteiger partial charge in [0, 0.05) is 31.7 Å². The van der Waals surface area contributed by atoms with Crippen LogP contribution in [0.25, 0.3) is 11.2 Å². The van der Waals surface area contributed by atoms with E-state index in [1.165, 1.54) is 0 Å². The van der Waals surface area contributed by atoms with E-state index in [4.69, 9.17) is 5.73 Å². The Morgan fingerprint density at radius 1 is 1.17 bits per heavy atom. The SMILES string of the molecule is Nc1nc2cccnc2n1CCCn1cccn1. The highest BCUT2D eigenvalue weighted by atomic mass is 15.3. The zero-order valence-electron chi connectivity index (χ0n) is 9.90. The third kappa shape index (κ3) is 1.92. The van der Waals surface area contributed by atoms with Gasteiger partial charge in [0.25, 0.3) is 0 Å². The normalized spacial score (nSPS) is 11.1. The quantitative estimate of drug-likeness (QED) is 0.748. The van der Waals surface area contributed by atoms with E-state index >= 15 is 0 Å². The van der Waals surface area contributed by atoms with E-state index in [0.29, 0.717) is 5.95 Å². The fourth-order valence-electron chi connectivity index (χ4n) is 2.02. The molecule has 6 heteroatoms. The van der Waals surface area contributed by atoms with Crippen molar-refractivity contribution in [2.45, 2.75) is 19.5 Å². The van der Waals surface area contributed by atoms with Gasteiger partial charge < -0.3 is 5.73 Å². The molecule has 0 radical (unpaired) electrons. The second kappa shape index (κ2) is 4.48. The van der Waals surface area contributed by atoms with Crippen molar-refractivity contribution in [1.29, 1.82) is 0 Å². The van der Waals surface area contributed by atoms with Crippen LogP contribution in [0.4, 0.5) is 5.95 Å². The van der Waals surface area contributed by atoms with E-state index in [1.807, 2.05) is 33.6 Å². The molecule has 0 saturated heterocycles. The summed E-state index contributed by atoms with van der Waals surface area (Å²) < 4.78 is 3.85. The fraction of sp³-hybridized carbons (Fsp3) is 0.250. The molecule has 0 fully saturated rings. The smallest absolute Gasteiger partial charge is 0.202 e. The Morgan fingerprint density at radius 3 is 2.94 bits per heavy atom. The Bertz CT molecular complexity index is 640. The minimum absolute atomic E-state index is 0.518. The van der Waals surface area contributed by atoms with Gasteiger partial charge in [0.05, 0.1) is 0 Å². The molecule has 3 aromatic rings. The molecule has 6 nitrogen and oxygen atoms in total. The second-order valence-corrected chi connectivity index (χ2v) is 4.09. The first-order valence-electron chi connectivity index (χ1n) is 5.89. The van der Waals surface area contributed by atoms with Crippen molar-refractivity contribution >= 4 is 17.1 Å². The van der Waals surface area contributed by atoms with Gasteiger partial charge in [-0.15, -0.1) is 0 Å². The molecule has 0 aliphatic heterocycles. The van der Waals surface area contributed by atoms with Crippen LogP contribution in [0.1, 0.15) is 6.42 Å². The van der Waals surface area contributed by atoms with E-state index in [1.54, 1.807) is 12.4 Å². The van der Waals surface area contributed by atoms with Crippen LogP contribution >= 0.6 is 0 Å². The Morgan fingerprint density at radius 2 is 2.11 bits per heavy atom. The van der Waals surface area contributed by atoms with Crippen molar-refractivity contribution in [2.75, 3.05) is 5.73 Å². The fourth-order valence-corrected chi connectivity index (χ4v) is 2.02. The van der Waals surface area contributed by atoms with E-state index in [-0.39, 0.29) is 0 Å². The van der Waals surface area contributed by atoms with Crippen LogP contribution in [-0.2, 0) is 13.1 Å². The predicted octanol–water partition coefficient (Wildman–Crippen LogP) is 1.30. The lowest BCUT2D eigenvalue weighted by molar-refractivity contribution is 0.534. The molecular formula is C12H14N6. The minimum Gasteiger partial charge on any atom is -0.369 e. The zero-order chi connectivity index (χ0) is 12.4. The Balaban J connectivity index is 1.76. The molecule has 0 aliphatic rings. The van der Waals surface area contributed by atoms with Crippen molar-refractivity contribution in [1.82, 2.24) is 24.3 Å². The number of fused-ring (bicyclic) bond motifs is 1. The van der Waals surface area contributed by atoms with Crippen LogP contribution < -0.4 is 5.73 Å². The maximum atomic E-state index is 5.90. The zero-order valence-corrected chi connectivity index (χ0v) is 9.90. The molecule has 3 heterocycles. The first-order chi connectivity index (χ1) is 8.84. The number of pyridine rings is 1. The molecule has 0 amide bonds. The first-order valence-corrected chi connectivity index (χ1v) is 5.89. The second-order valence-electron chi connectivity index (χ2n) is 4.09. The number of rotatable bonds is 4. The van der Waals surface area contributed by atoms with Crippen molar-refractivity contribution in [3.63, 3.8) is 0 Å². The van der Waals surface area contributed by atoms with Gasteiger partial charge in [-0.2, -0.15) is 5.10 Å². The van der Waals surface area contributed by atoms with Gasteiger partial charge in [0.15, 0.2) is 5.65 Å². The number of hydrogen-bond acceptors (Lipinski definition) is 4. The number of aromatic nitrogens is 5. The molecule has 0 aliphatic carbocycles. The molecule has 3 aromatic heterocycles. The number of nitrogens with two attached hydrogens (primary N) is 1. The van der Waals surface area contributed by atoms with Gasteiger partial charge in [-0.05, 0) is 24.6 Å². The van der Waals surface area contributed by atoms with Crippen LogP contribution in [-0.4, -0.2) is 24.3 Å².